The number of aromatic hydroxyl groups is 1. The highest BCUT2D eigenvalue weighted by molar-refractivity contribution is 5.61. The molecule has 0 saturated carbocycles. The van der Waals surface area contributed by atoms with E-state index in [9.17, 15) is 5.11 Å². The zero-order valence-electron chi connectivity index (χ0n) is 9.98. The molecule has 0 aliphatic carbocycles. The minimum Gasteiger partial charge on any atom is -0.506 e. The predicted molar refractivity (Wildman–Crippen MR) is 71.3 cm³/mol. The van der Waals surface area contributed by atoms with Gasteiger partial charge in [-0.1, -0.05) is 49.4 Å². The van der Waals surface area contributed by atoms with Crippen LogP contribution < -0.4 is 5.32 Å². The van der Waals surface area contributed by atoms with Gasteiger partial charge < -0.3 is 10.4 Å². The Balaban J connectivity index is 2.14. The summed E-state index contributed by atoms with van der Waals surface area (Å²) in [5.74, 6) is 0.320. The Labute approximate surface area is 102 Å². The molecule has 2 rings (SSSR count). The summed E-state index contributed by atoms with van der Waals surface area (Å²) in [4.78, 5) is 0. The van der Waals surface area contributed by atoms with Gasteiger partial charge in [-0.2, -0.15) is 0 Å². The van der Waals surface area contributed by atoms with Crippen LogP contribution in [-0.4, -0.2) is 5.11 Å². The molecule has 0 amide bonds. The van der Waals surface area contributed by atoms with Crippen LogP contribution in [0, 0.1) is 0 Å². The third-order valence-corrected chi connectivity index (χ3v) is 2.82. The van der Waals surface area contributed by atoms with Gasteiger partial charge in [-0.05, 0) is 23.6 Å². The maximum Gasteiger partial charge on any atom is 0.138 e. The summed E-state index contributed by atoms with van der Waals surface area (Å²) in [7, 11) is 0. The van der Waals surface area contributed by atoms with Gasteiger partial charge in [0.25, 0.3) is 0 Å². The Kier molecular flexibility index (Phi) is 3.66. The van der Waals surface area contributed by atoms with E-state index in [0.717, 1.165) is 24.2 Å². The molecule has 0 spiro atoms. The first-order chi connectivity index (χ1) is 8.31. The molecule has 0 heterocycles. The molecular formula is C15H17NO. The second-order valence-corrected chi connectivity index (χ2v) is 4.00. The number of phenolic OH excluding ortho intramolecular Hbond substituents is 1. The van der Waals surface area contributed by atoms with Gasteiger partial charge in [0, 0.05) is 6.54 Å². The highest BCUT2D eigenvalue weighted by Crippen LogP contribution is 2.27. The van der Waals surface area contributed by atoms with Crippen LogP contribution in [-0.2, 0) is 13.0 Å². The molecule has 2 aromatic rings. The summed E-state index contributed by atoms with van der Waals surface area (Å²) < 4.78 is 0. The molecule has 0 fully saturated rings. The fourth-order valence-electron chi connectivity index (χ4n) is 1.87. The summed E-state index contributed by atoms with van der Waals surface area (Å²) in [5, 5.41) is 13.1. The molecule has 2 nitrogen and oxygen atoms in total. The number of hydrogen-bond donors (Lipinski definition) is 2. The van der Waals surface area contributed by atoms with Crippen LogP contribution in [0.4, 0.5) is 5.69 Å². The average Bonchev–Trinajstić information content (AvgIpc) is 2.38. The fourth-order valence-corrected chi connectivity index (χ4v) is 1.87. The van der Waals surface area contributed by atoms with E-state index in [1.807, 2.05) is 30.3 Å². The van der Waals surface area contributed by atoms with Crippen molar-refractivity contribution in [3.8, 4) is 5.75 Å². The van der Waals surface area contributed by atoms with Gasteiger partial charge in [0.1, 0.15) is 5.75 Å². The summed E-state index contributed by atoms with van der Waals surface area (Å²) in [6, 6.07) is 15.8. The fraction of sp³-hybridized carbons (Fsp3) is 0.200. The SMILES string of the molecule is CCc1cccc(O)c1NCc1ccccc1. The molecule has 0 bridgehead atoms. The smallest absolute Gasteiger partial charge is 0.138 e. The van der Waals surface area contributed by atoms with Gasteiger partial charge in [0.05, 0.1) is 5.69 Å². The lowest BCUT2D eigenvalue weighted by Crippen LogP contribution is -2.02. The van der Waals surface area contributed by atoms with Crippen LogP contribution >= 0.6 is 0 Å². The topological polar surface area (TPSA) is 32.3 Å². The molecule has 0 aliphatic rings. The molecule has 2 N–H and O–H groups in total. The number of nitrogens with one attached hydrogen (secondary N) is 1. The van der Waals surface area contributed by atoms with Gasteiger partial charge in [-0.3, -0.25) is 0 Å². The maximum absolute atomic E-state index is 9.84. The van der Waals surface area contributed by atoms with Gasteiger partial charge in [0.15, 0.2) is 0 Å². The van der Waals surface area contributed by atoms with E-state index in [1.165, 1.54) is 5.56 Å². The minimum absolute atomic E-state index is 0.320. The van der Waals surface area contributed by atoms with Crippen molar-refractivity contribution in [1.82, 2.24) is 0 Å². The van der Waals surface area contributed by atoms with Crippen LogP contribution in [0.5, 0.6) is 5.75 Å². The Bertz CT molecular complexity index is 480. The average molecular weight is 227 g/mol. The van der Waals surface area contributed by atoms with Crippen molar-refractivity contribution >= 4 is 5.69 Å². The van der Waals surface area contributed by atoms with E-state index in [0.29, 0.717) is 5.75 Å². The van der Waals surface area contributed by atoms with Crippen LogP contribution in [0.15, 0.2) is 48.5 Å². The minimum atomic E-state index is 0.320. The quantitative estimate of drug-likeness (QED) is 0.783. The number of phenols is 1. The number of aryl methyl sites for hydroxylation is 1. The van der Waals surface area contributed by atoms with Gasteiger partial charge in [0.2, 0.25) is 0 Å². The third kappa shape index (κ3) is 2.78. The number of rotatable bonds is 4. The van der Waals surface area contributed by atoms with Crippen molar-refractivity contribution in [2.24, 2.45) is 0 Å². The summed E-state index contributed by atoms with van der Waals surface area (Å²) in [6.07, 6.45) is 0.908. The molecule has 2 heteroatoms. The summed E-state index contributed by atoms with van der Waals surface area (Å²) in [6.45, 7) is 2.81. The number of para-hydroxylation sites is 1. The number of benzene rings is 2. The van der Waals surface area contributed by atoms with Crippen LogP contribution in [0.25, 0.3) is 0 Å². The van der Waals surface area contributed by atoms with Crippen LogP contribution in [0.1, 0.15) is 18.1 Å². The van der Waals surface area contributed by atoms with Gasteiger partial charge >= 0.3 is 0 Å². The van der Waals surface area contributed by atoms with Crippen molar-refractivity contribution in [2.45, 2.75) is 19.9 Å². The molecular weight excluding hydrogens is 210 g/mol. The molecule has 0 aliphatic heterocycles. The molecule has 0 aromatic heterocycles. The first-order valence-electron chi connectivity index (χ1n) is 5.90. The van der Waals surface area contributed by atoms with Crippen molar-refractivity contribution in [2.75, 3.05) is 5.32 Å². The second-order valence-electron chi connectivity index (χ2n) is 4.00. The first kappa shape index (κ1) is 11.5. The molecule has 0 radical (unpaired) electrons. The molecule has 17 heavy (non-hydrogen) atoms. The maximum atomic E-state index is 9.84. The molecule has 0 unspecified atom stereocenters. The highest BCUT2D eigenvalue weighted by Gasteiger charge is 2.05. The predicted octanol–water partition coefficient (Wildman–Crippen LogP) is 3.57. The number of anilines is 1. The Morgan fingerprint density at radius 2 is 1.76 bits per heavy atom. The summed E-state index contributed by atoms with van der Waals surface area (Å²) >= 11 is 0. The lowest BCUT2D eigenvalue weighted by molar-refractivity contribution is 0.476. The monoisotopic (exact) mass is 227 g/mol. The standard InChI is InChI=1S/C15H17NO/c1-2-13-9-6-10-14(17)15(13)16-11-12-7-4-3-5-8-12/h3-10,16-17H,2,11H2,1H3. The second kappa shape index (κ2) is 5.39. The molecule has 2 aromatic carbocycles. The van der Waals surface area contributed by atoms with E-state index in [2.05, 4.69) is 24.4 Å². The number of hydrogen-bond acceptors (Lipinski definition) is 2. The lowest BCUT2D eigenvalue weighted by Gasteiger charge is -2.12. The van der Waals surface area contributed by atoms with Crippen molar-refractivity contribution in [3.63, 3.8) is 0 Å². The summed E-state index contributed by atoms with van der Waals surface area (Å²) in [5.41, 5.74) is 3.19. The Morgan fingerprint density at radius 3 is 2.47 bits per heavy atom. The molecule has 88 valence electrons. The van der Waals surface area contributed by atoms with Gasteiger partial charge in [-0.25, -0.2) is 0 Å². The first-order valence-corrected chi connectivity index (χ1v) is 5.90. The van der Waals surface area contributed by atoms with E-state index < -0.39 is 0 Å². The zero-order valence-corrected chi connectivity index (χ0v) is 9.98. The normalized spacial score (nSPS) is 10.2. The Hall–Kier alpha value is -1.96. The van der Waals surface area contributed by atoms with Crippen LogP contribution in [0.2, 0.25) is 0 Å². The van der Waals surface area contributed by atoms with E-state index >= 15 is 0 Å². The largest absolute Gasteiger partial charge is 0.506 e. The molecule has 0 atom stereocenters. The van der Waals surface area contributed by atoms with Gasteiger partial charge in [-0.15, -0.1) is 0 Å². The van der Waals surface area contributed by atoms with Crippen molar-refractivity contribution in [1.29, 1.82) is 0 Å². The van der Waals surface area contributed by atoms with E-state index in [1.54, 1.807) is 6.07 Å². The van der Waals surface area contributed by atoms with E-state index in [-0.39, 0.29) is 0 Å². The third-order valence-electron chi connectivity index (χ3n) is 2.82. The van der Waals surface area contributed by atoms with Crippen molar-refractivity contribution in [3.05, 3.63) is 59.7 Å². The molecule has 0 saturated heterocycles. The zero-order chi connectivity index (χ0) is 12.1. The van der Waals surface area contributed by atoms with Crippen molar-refractivity contribution < 1.29 is 5.11 Å². The highest BCUT2D eigenvalue weighted by atomic mass is 16.3. The van der Waals surface area contributed by atoms with E-state index in [4.69, 9.17) is 0 Å². The Morgan fingerprint density at radius 1 is 1.00 bits per heavy atom. The van der Waals surface area contributed by atoms with Crippen LogP contribution in [0.3, 0.4) is 0 Å². The lowest BCUT2D eigenvalue weighted by atomic mass is 10.1.